The molecule has 2 aromatic heterocycles. The van der Waals surface area contributed by atoms with Gasteiger partial charge in [-0.3, -0.25) is 9.89 Å². The van der Waals surface area contributed by atoms with Gasteiger partial charge in [0.1, 0.15) is 27.9 Å². The molecule has 0 spiro atoms. The van der Waals surface area contributed by atoms with Gasteiger partial charge >= 0.3 is 0 Å². The Hall–Kier alpha value is -2.71. The number of aromatic nitrogens is 3. The number of likely N-dealkylation sites (tertiary alicyclic amines) is 1. The van der Waals surface area contributed by atoms with E-state index in [0.29, 0.717) is 27.3 Å². The fourth-order valence-corrected chi connectivity index (χ4v) is 5.45. The highest BCUT2D eigenvalue weighted by Crippen LogP contribution is 2.39. The number of morpholine rings is 1. The van der Waals surface area contributed by atoms with Gasteiger partial charge < -0.3 is 14.4 Å². The molecule has 5 rings (SSSR count). The van der Waals surface area contributed by atoms with E-state index in [1.807, 2.05) is 25.1 Å². The van der Waals surface area contributed by atoms with Gasteiger partial charge in [0.2, 0.25) is 5.88 Å². The van der Waals surface area contributed by atoms with Crippen molar-refractivity contribution < 1.29 is 9.47 Å². The Morgan fingerprint density at radius 3 is 2.62 bits per heavy atom. The summed E-state index contributed by atoms with van der Waals surface area (Å²) in [5, 5.41) is 9.96. The molecule has 0 aliphatic carbocycles. The van der Waals surface area contributed by atoms with Crippen LogP contribution in [0.2, 0.25) is 0 Å². The van der Waals surface area contributed by atoms with Gasteiger partial charge in [-0.15, -0.1) is 11.3 Å². The van der Waals surface area contributed by atoms with Gasteiger partial charge in [0.25, 0.3) is 0 Å². The molecule has 0 saturated carbocycles. The van der Waals surface area contributed by atoms with Crippen molar-refractivity contribution in [1.29, 1.82) is 5.26 Å². The Morgan fingerprint density at radius 2 is 1.94 bits per heavy atom. The second-order valence-corrected chi connectivity index (χ2v) is 9.83. The molecule has 9 nitrogen and oxygen atoms in total. The van der Waals surface area contributed by atoms with Gasteiger partial charge in [0.05, 0.1) is 25.1 Å². The number of hydrogen-bond donors (Lipinski definition) is 0. The molecular formula is C24H29N7O2S. The van der Waals surface area contributed by atoms with E-state index in [4.69, 9.17) is 14.5 Å². The third-order valence-electron chi connectivity index (χ3n) is 6.51. The molecule has 0 aromatic carbocycles. The molecule has 2 saturated heterocycles. The standard InChI is InChI=1S/C24H29N7O2S/c1-18-28-21(24(5-2-6-27-24)23-26-17-20(16-25)34-23)15-22(29-18)33-19-3-7-30(8-4-19)9-10-31-11-13-32-14-12-31/h2,5-6,15,17,19H,3-4,7-14H2,1H3. The van der Waals surface area contributed by atoms with Crippen LogP contribution < -0.4 is 4.74 Å². The van der Waals surface area contributed by atoms with Crippen molar-refractivity contribution in [3.05, 3.63) is 45.8 Å². The molecular weight excluding hydrogens is 450 g/mol. The smallest absolute Gasteiger partial charge is 0.217 e. The molecule has 0 amide bonds. The lowest BCUT2D eigenvalue weighted by atomic mass is 9.97. The van der Waals surface area contributed by atoms with Crippen molar-refractivity contribution in [2.75, 3.05) is 52.5 Å². The van der Waals surface area contributed by atoms with Crippen molar-refractivity contribution in [3.63, 3.8) is 0 Å². The van der Waals surface area contributed by atoms with Crippen LogP contribution in [0.4, 0.5) is 0 Å². The lowest BCUT2D eigenvalue weighted by molar-refractivity contribution is 0.0287. The number of nitriles is 1. The molecule has 0 radical (unpaired) electrons. The topological polar surface area (TPSA) is 99.8 Å². The monoisotopic (exact) mass is 479 g/mol. The quantitative estimate of drug-likeness (QED) is 0.596. The molecule has 2 aromatic rings. The van der Waals surface area contributed by atoms with Gasteiger partial charge in [0.15, 0.2) is 5.54 Å². The summed E-state index contributed by atoms with van der Waals surface area (Å²) < 4.78 is 11.8. The number of piperidine rings is 1. The second-order valence-electron chi connectivity index (χ2n) is 8.80. The fourth-order valence-electron chi connectivity index (χ4n) is 4.60. The molecule has 3 aliphatic heterocycles. The average Bonchev–Trinajstić information content (AvgIpc) is 3.55. The van der Waals surface area contributed by atoms with Crippen LogP contribution in [0, 0.1) is 18.3 Å². The van der Waals surface area contributed by atoms with Gasteiger partial charge in [-0.25, -0.2) is 9.97 Å². The fraction of sp³-hybridized carbons (Fsp3) is 0.542. The Morgan fingerprint density at radius 1 is 1.18 bits per heavy atom. The van der Waals surface area contributed by atoms with Gasteiger partial charge in [-0.05, 0) is 31.9 Å². The molecule has 5 heterocycles. The maximum absolute atomic E-state index is 9.24. The molecule has 10 heteroatoms. The van der Waals surface area contributed by atoms with Crippen LogP contribution in [-0.2, 0) is 10.3 Å². The van der Waals surface area contributed by atoms with E-state index in [9.17, 15) is 5.26 Å². The Bertz CT molecular complexity index is 1080. The lowest BCUT2D eigenvalue weighted by Crippen LogP contribution is -2.44. The summed E-state index contributed by atoms with van der Waals surface area (Å²) in [6.07, 6.45) is 9.26. The van der Waals surface area contributed by atoms with Crippen molar-refractivity contribution in [2.45, 2.75) is 31.4 Å². The maximum Gasteiger partial charge on any atom is 0.217 e. The predicted molar refractivity (Wildman–Crippen MR) is 129 cm³/mol. The number of allylic oxidation sites excluding steroid dienone is 1. The molecule has 0 bridgehead atoms. The van der Waals surface area contributed by atoms with E-state index < -0.39 is 5.54 Å². The van der Waals surface area contributed by atoms with Crippen molar-refractivity contribution >= 4 is 17.6 Å². The van der Waals surface area contributed by atoms with E-state index in [-0.39, 0.29) is 6.10 Å². The first-order valence-corrected chi connectivity index (χ1v) is 12.6. The van der Waals surface area contributed by atoms with E-state index in [1.165, 1.54) is 11.3 Å². The highest BCUT2D eigenvalue weighted by molar-refractivity contribution is 7.12. The first-order chi connectivity index (χ1) is 16.6. The number of nitrogens with zero attached hydrogens (tertiary/aromatic N) is 7. The summed E-state index contributed by atoms with van der Waals surface area (Å²) in [5.74, 6) is 1.20. The van der Waals surface area contributed by atoms with Crippen molar-refractivity contribution in [3.8, 4) is 11.9 Å². The molecule has 1 atom stereocenters. The zero-order chi connectivity index (χ0) is 23.4. The summed E-state index contributed by atoms with van der Waals surface area (Å²) in [6.45, 7) is 9.88. The average molecular weight is 480 g/mol. The Kier molecular flexibility index (Phi) is 6.97. The van der Waals surface area contributed by atoms with Crippen molar-refractivity contribution in [1.82, 2.24) is 24.8 Å². The van der Waals surface area contributed by atoms with E-state index in [1.54, 1.807) is 12.4 Å². The number of thiazole rings is 1. The Balaban J connectivity index is 1.23. The molecule has 2 fully saturated rings. The zero-order valence-electron chi connectivity index (χ0n) is 19.4. The predicted octanol–water partition coefficient (Wildman–Crippen LogP) is 2.17. The minimum absolute atomic E-state index is 0.130. The minimum atomic E-state index is -0.839. The van der Waals surface area contributed by atoms with Crippen LogP contribution in [0.1, 0.15) is 34.2 Å². The summed E-state index contributed by atoms with van der Waals surface area (Å²) in [4.78, 5) is 23.9. The molecule has 3 aliphatic rings. The van der Waals surface area contributed by atoms with Crippen LogP contribution in [0.3, 0.4) is 0 Å². The molecule has 0 N–H and O–H groups in total. The summed E-state index contributed by atoms with van der Waals surface area (Å²) in [5.41, 5.74) is -0.129. The number of aryl methyl sites for hydroxylation is 1. The SMILES string of the molecule is Cc1nc(OC2CCN(CCN3CCOCC3)CC2)cc(C2(c3ncc(C#N)s3)C=CC=N2)n1. The molecule has 1 unspecified atom stereocenters. The largest absolute Gasteiger partial charge is 0.474 e. The van der Waals surface area contributed by atoms with Crippen LogP contribution >= 0.6 is 11.3 Å². The van der Waals surface area contributed by atoms with Crippen LogP contribution in [0.15, 0.2) is 29.4 Å². The maximum atomic E-state index is 9.24. The minimum Gasteiger partial charge on any atom is -0.474 e. The van der Waals surface area contributed by atoms with Gasteiger partial charge in [-0.1, -0.05) is 0 Å². The summed E-state index contributed by atoms with van der Waals surface area (Å²) in [6, 6.07) is 4.03. The Labute approximate surface area is 203 Å². The summed E-state index contributed by atoms with van der Waals surface area (Å²) in [7, 11) is 0. The van der Waals surface area contributed by atoms with Crippen LogP contribution in [-0.4, -0.2) is 89.6 Å². The number of ether oxygens (including phenoxy) is 2. The van der Waals surface area contributed by atoms with Gasteiger partial charge in [-0.2, -0.15) is 10.2 Å². The van der Waals surface area contributed by atoms with E-state index in [2.05, 4.69) is 30.8 Å². The second kappa shape index (κ2) is 10.3. The highest BCUT2D eigenvalue weighted by Gasteiger charge is 2.38. The highest BCUT2D eigenvalue weighted by atomic mass is 32.1. The molecule has 178 valence electrons. The zero-order valence-corrected chi connectivity index (χ0v) is 20.2. The third kappa shape index (κ3) is 5.03. The van der Waals surface area contributed by atoms with Crippen molar-refractivity contribution in [2.24, 2.45) is 4.99 Å². The van der Waals surface area contributed by atoms with E-state index in [0.717, 1.165) is 65.3 Å². The first kappa shape index (κ1) is 23.1. The first-order valence-electron chi connectivity index (χ1n) is 11.8. The van der Waals surface area contributed by atoms with Gasteiger partial charge in [0, 0.05) is 51.5 Å². The van der Waals surface area contributed by atoms with Crippen LogP contribution in [0.5, 0.6) is 5.88 Å². The molecule has 34 heavy (non-hydrogen) atoms. The normalized spacial score (nSPS) is 23.9. The number of aliphatic imine (C=N–C) groups is 1. The van der Waals surface area contributed by atoms with E-state index >= 15 is 0 Å². The van der Waals surface area contributed by atoms with Crippen LogP contribution in [0.25, 0.3) is 0 Å². The number of hydrogen-bond acceptors (Lipinski definition) is 10. The lowest BCUT2D eigenvalue weighted by Gasteiger charge is -2.34. The number of rotatable bonds is 7. The summed E-state index contributed by atoms with van der Waals surface area (Å²) >= 11 is 1.33. The third-order valence-corrected chi connectivity index (χ3v) is 7.53.